The largest absolute Gasteiger partial charge is 0.479 e. The second-order valence-electron chi connectivity index (χ2n) is 5.55. The molecule has 0 bridgehead atoms. The van der Waals surface area contributed by atoms with E-state index >= 15 is 0 Å². The third-order valence-electron chi connectivity index (χ3n) is 4.12. The second-order valence-corrected chi connectivity index (χ2v) is 5.55. The van der Waals surface area contributed by atoms with Crippen molar-refractivity contribution in [1.29, 1.82) is 0 Å². The number of carboxylic acid groups (broad SMARTS) is 1. The van der Waals surface area contributed by atoms with Gasteiger partial charge in [-0.2, -0.15) is 26.3 Å². The van der Waals surface area contributed by atoms with Crippen molar-refractivity contribution in [2.24, 2.45) is 5.41 Å². The maximum Gasteiger partial charge on any atom is 0.406 e. The smallest absolute Gasteiger partial charge is 0.406 e. The lowest BCUT2D eigenvalue weighted by Gasteiger charge is -2.37. The summed E-state index contributed by atoms with van der Waals surface area (Å²) < 4.78 is 78.1. The lowest BCUT2D eigenvalue weighted by molar-refractivity contribution is -0.320. The van der Waals surface area contributed by atoms with Crippen molar-refractivity contribution in [1.82, 2.24) is 0 Å². The Morgan fingerprint density at radius 2 is 1.52 bits per heavy atom. The Kier molecular flexibility index (Phi) is 4.50. The van der Waals surface area contributed by atoms with E-state index in [4.69, 9.17) is 0 Å². The Bertz CT molecular complexity index is 704. The molecule has 0 spiro atoms. The fourth-order valence-corrected chi connectivity index (χ4v) is 2.58. The fourth-order valence-electron chi connectivity index (χ4n) is 2.58. The van der Waals surface area contributed by atoms with Crippen LogP contribution in [0.4, 0.5) is 26.3 Å². The van der Waals surface area contributed by atoms with Gasteiger partial charge in [0.05, 0.1) is 0 Å². The quantitative estimate of drug-likeness (QED) is 0.797. The molecule has 3 nitrogen and oxygen atoms in total. The summed E-state index contributed by atoms with van der Waals surface area (Å²) >= 11 is 0. The summed E-state index contributed by atoms with van der Waals surface area (Å²) in [5.41, 5.74) is -7.65. The highest BCUT2D eigenvalue weighted by Gasteiger charge is 2.69. The first-order valence-electron chi connectivity index (χ1n) is 6.91. The normalized spacial score (nSPS) is 19.9. The zero-order chi connectivity index (χ0) is 19.1. The molecule has 1 aromatic rings. The Labute approximate surface area is 137 Å². The molecular weight excluding hydrogens is 354 g/mol. The summed E-state index contributed by atoms with van der Waals surface area (Å²) in [6.45, 7) is 0. The van der Waals surface area contributed by atoms with Gasteiger partial charge in [-0.15, -0.1) is 0 Å². The van der Waals surface area contributed by atoms with Gasteiger partial charge in [0.2, 0.25) is 5.60 Å². The summed E-state index contributed by atoms with van der Waals surface area (Å²) in [5.74, 6) is -1.82. The number of aliphatic carboxylic acids is 1. The summed E-state index contributed by atoms with van der Waals surface area (Å²) in [7, 11) is 0. The van der Waals surface area contributed by atoms with Crippen molar-refractivity contribution in [2.75, 3.05) is 0 Å². The van der Waals surface area contributed by atoms with E-state index in [9.17, 15) is 41.4 Å². The van der Waals surface area contributed by atoms with Crippen molar-refractivity contribution in [3.8, 4) is 0 Å². The molecule has 2 N–H and O–H groups in total. The first-order chi connectivity index (χ1) is 11.4. The highest BCUT2D eigenvalue weighted by Crippen LogP contribution is 2.56. The first-order valence-corrected chi connectivity index (χ1v) is 6.91. The van der Waals surface area contributed by atoms with Crippen LogP contribution in [0.2, 0.25) is 0 Å². The molecule has 136 valence electrons. The number of halogens is 6. The zero-order valence-corrected chi connectivity index (χ0v) is 12.4. The SMILES string of the molecule is O=C(O)C(O)(C1=CCC(C(F)(F)F)(C(F)(F)F)C=C1)c1ccccc1. The number of benzene rings is 1. The molecule has 9 heteroatoms. The van der Waals surface area contributed by atoms with Gasteiger partial charge in [0.1, 0.15) is 0 Å². The van der Waals surface area contributed by atoms with Gasteiger partial charge >= 0.3 is 18.3 Å². The van der Waals surface area contributed by atoms with Gasteiger partial charge in [-0.1, -0.05) is 48.6 Å². The van der Waals surface area contributed by atoms with E-state index in [2.05, 4.69) is 0 Å². The van der Waals surface area contributed by atoms with Gasteiger partial charge in [-0.25, -0.2) is 4.79 Å². The molecule has 1 aromatic carbocycles. The minimum Gasteiger partial charge on any atom is -0.479 e. The molecule has 1 atom stereocenters. The van der Waals surface area contributed by atoms with Gasteiger partial charge in [0, 0.05) is 0 Å². The van der Waals surface area contributed by atoms with Crippen molar-refractivity contribution in [3.05, 3.63) is 59.7 Å². The third kappa shape index (κ3) is 2.92. The molecule has 0 saturated carbocycles. The topological polar surface area (TPSA) is 57.5 Å². The highest BCUT2D eigenvalue weighted by atomic mass is 19.4. The molecule has 0 aromatic heterocycles. The Morgan fingerprint density at radius 1 is 1.00 bits per heavy atom. The minimum absolute atomic E-state index is 0.140. The molecule has 0 fully saturated rings. The van der Waals surface area contributed by atoms with Crippen molar-refractivity contribution >= 4 is 5.97 Å². The van der Waals surface area contributed by atoms with E-state index in [1.165, 1.54) is 30.3 Å². The van der Waals surface area contributed by atoms with Crippen LogP contribution in [0.1, 0.15) is 12.0 Å². The van der Waals surface area contributed by atoms with Crippen LogP contribution in [0, 0.1) is 5.41 Å². The van der Waals surface area contributed by atoms with Crippen LogP contribution in [0.5, 0.6) is 0 Å². The number of hydrogen-bond donors (Lipinski definition) is 2. The molecule has 0 amide bonds. The fraction of sp³-hybridized carbons (Fsp3) is 0.312. The number of alkyl halides is 6. The minimum atomic E-state index is -5.63. The summed E-state index contributed by atoms with van der Waals surface area (Å²) in [5, 5.41) is 19.8. The number of hydrogen-bond acceptors (Lipinski definition) is 2. The lowest BCUT2D eigenvalue weighted by Crippen LogP contribution is -2.49. The highest BCUT2D eigenvalue weighted by molar-refractivity contribution is 5.84. The molecule has 0 radical (unpaired) electrons. The van der Waals surface area contributed by atoms with Gasteiger partial charge in [-0.05, 0) is 17.6 Å². The molecule has 0 aliphatic heterocycles. The van der Waals surface area contributed by atoms with Gasteiger partial charge in [0.15, 0.2) is 5.41 Å². The molecule has 2 rings (SSSR count). The van der Waals surface area contributed by atoms with Crippen LogP contribution in [-0.2, 0) is 10.4 Å². The van der Waals surface area contributed by atoms with E-state index in [0.717, 1.165) is 0 Å². The molecule has 0 heterocycles. The maximum absolute atomic E-state index is 13.0. The molecule has 1 aliphatic carbocycles. The maximum atomic E-state index is 13.0. The van der Waals surface area contributed by atoms with E-state index in [0.29, 0.717) is 12.2 Å². The molecule has 25 heavy (non-hydrogen) atoms. The monoisotopic (exact) mass is 366 g/mol. The number of rotatable bonds is 3. The summed E-state index contributed by atoms with van der Waals surface area (Å²) in [6, 6.07) is 6.68. The van der Waals surface area contributed by atoms with Gasteiger partial charge < -0.3 is 10.2 Å². The van der Waals surface area contributed by atoms with E-state index < -0.39 is 41.3 Å². The van der Waals surface area contributed by atoms with Gasteiger partial charge in [-0.3, -0.25) is 0 Å². The van der Waals surface area contributed by atoms with Crippen molar-refractivity contribution < 1.29 is 41.4 Å². The average molecular weight is 366 g/mol. The molecule has 1 aliphatic rings. The summed E-state index contributed by atoms with van der Waals surface area (Å²) in [6.07, 6.45) is -12.1. The number of aliphatic hydroxyl groups is 1. The number of carbonyl (C=O) groups is 1. The summed E-state index contributed by atoms with van der Waals surface area (Å²) in [4.78, 5) is 11.5. The lowest BCUT2D eigenvalue weighted by atomic mass is 9.74. The predicted molar refractivity (Wildman–Crippen MR) is 74.4 cm³/mol. The zero-order valence-electron chi connectivity index (χ0n) is 12.4. The Morgan fingerprint density at radius 3 is 1.88 bits per heavy atom. The van der Waals surface area contributed by atoms with Crippen LogP contribution >= 0.6 is 0 Å². The van der Waals surface area contributed by atoms with Gasteiger partial charge in [0.25, 0.3) is 0 Å². The predicted octanol–water partition coefficient (Wildman–Crippen LogP) is 3.96. The second kappa shape index (κ2) is 5.91. The van der Waals surface area contributed by atoms with E-state index in [1.54, 1.807) is 0 Å². The van der Waals surface area contributed by atoms with Crippen LogP contribution in [0.25, 0.3) is 0 Å². The molecule has 1 unspecified atom stereocenters. The molecule has 0 saturated heterocycles. The van der Waals surface area contributed by atoms with E-state index in [-0.39, 0.29) is 11.6 Å². The van der Waals surface area contributed by atoms with Crippen LogP contribution < -0.4 is 0 Å². The Balaban J connectivity index is 2.52. The van der Waals surface area contributed by atoms with E-state index in [1.807, 2.05) is 0 Å². The van der Waals surface area contributed by atoms with Crippen LogP contribution in [-0.4, -0.2) is 28.5 Å². The van der Waals surface area contributed by atoms with Crippen LogP contribution in [0.15, 0.2) is 54.1 Å². The Hall–Kier alpha value is -2.29. The first kappa shape index (κ1) is 19.0. The van der Waals surface area contributed by atoms with Crippen molar-refractivity contribution in [3.63, 3.8) is 0 Å². The standard InChI is InChI=1S/C16H12F6O3/c17-15(18,19)13(16(20,21)22)8-6-11(7-9-13)14(25,12(23)24)10-4-2-1-3-5-10/h1-8,25H,9H2,(H,23,24). The van der Waals surface area contributed by atoms with Crippen LogP contribution in [0.3, 0.4) is 0 Å². The average Bonchev–Trinajstić information content (AvgIpc) is 2.52. The number of allylic oxidation sites excluding steroid dienone is 2. The number of carboxylic acids is 1. The van der Waals surface area contributed by atoms with Crippen molar-refractivity contribution in [2.45, 2.75) is 24.4 Å². The molecular formula is C16H12F6O3. The third-order valence-corrected chi connectivity index (χ3v) is 4.12.